The molecule has 0 aliphatic heterocycles. The second kappa shape index (κ2) is 4.22. The first-order chi connectivity index (χ1) is 9.19. The van der Waals surface area contributed by atoms with Crippen LogP contribution in [0.4, 0.5) is 0 Å². The van der Waals surface area contributed by atoms with Gasteiger partial charge in [0.2, 0.25) is 5.88 Å². The number of aromatic nitrogens is 3. The summed E-state index contributed by atoms with van der Waals surface area (Å²) in [6.07, 6.45) is 1.52. The quantitative estimate of drug-likeness (QED) is 0.845. The van der Waals surface area contributed by atoms with E-state index in [1.54, 1.807) is 6.07 Å². The lowest BCUT2D eigenvalue weighted by Crippen LogP contribution is -2.23. The molecule has 2 aromatic rings. The van der Waals surface area contributed by atoms with Crippen molar-refractivity contribution >= 4 is 17.1 Å². The minimum absolute atomic E-state index is 0.239. The summed E-state index contributed by atoms with van der Waals surface area (Å²) in [6.45, 7) is 2.46. The van der Waals surface area contributed by atoms with Crippen LogP contribution in [0.1, 0.15) is 25.6 Å². The zero-order chi connectivity index (χ0) is 13.5. The van der Waals surface area contributed by atoms with Crippen LogP contribution in [-0.4, -0.2) is 34.6 Å². The van der Waals surface area contributed by atoms with Crippen LogP contribution in [0.5, 0.6) is 5.88 Å². The first-order valence-electron chi connectivity index (χ1n) is 6.28. The fraction of sp³-hybridized carbons (Fsp3) is 0.462. The van der Waals surface area contributed by atoms with E-state index < -0.39 is 5.41 Å². The van der Waals surface area contributed by atoms with Crippen molar-refractivity contribution in [1.82, 2.24) is 15.0 Å². The molecule has 0 radical (unpaired) electrons. The number of nitrogens with zero attached hydrogens (tertiary/aromatic N) is 2. The summed E-state index contributed by atoms with van der Waals surface area (Å²) in [5.41, 5.74) is 0.770. The van der Waals surface area contributed by atoms with Crippen LogP contribution in [0.15, 0.2) is 12.1 Å². The predicted octanol–water partition coefficient (Wildman–Crippen LogP) is 1.56. The Morgan fingerprint density at radius 2 is 2.21 bits per heavy atom. The Bertz CT molecular complexity index is 631. The SMILES string of the molecule is CCOc1ccc2[nH]c(C3(C(=O)OC)CC3)nc2n1. The monoisotopic (exact) mass is 261 g/mol. The van der Waals surface area contributed by atoms with Crippen LogP contribution in [0, 0.1) is 0 Å². The van der Waals surface area contributed by atoms with Gasteiger partial charge in [-0.3, -0.25) is 4.79 Å². The molecule has 1 fully saturated rings. The van der Waals surface area contributed by atoms with Crippen molar-refractivity contribution < 1.29 is 14.3 Å². The predicted molar refractivity (Wildman–Crippen MR) is 68.0 cm³/mol. The van der Waals surface area contributed by atoms with Crippen LogP contribution < -0.4 is 4.74 Å². The normalized spacial score (nSPS) is 16.3. The number of pyridine rings is 1. The molecule has 1 N–H and O–H groups in total. The number of imidazole rings is 1. The third-order valence-corrected chi connectivity index (χ3v) is 3.39. The number of hydrogen-bond donors (Lipinski definition) is 1. The van der Waals surface area contributed by atoms with Crippen LogP contribution in [0.25, 0.3) is 11.2 Å². The minimum Gasteiger partial charge on any atom is -0.478 e. The van der Waals surface area contributed by atoms with Crippen LogP contribution in [-0.2, 0) is 14.9 Å². The number of H-pyrrole nitrogens is 1. The Morgan fingerprint density at radius 1 is 1.42 bits per heavy atom. The molecule has 1 aliphatic rings. The summed E-state index contributed by atoms with van der Waals surface area (Å²) in [6, 6.07) is 3.64. The van der Waals surface area contributed by atoms with Crippen molar-refractivity contribution in [3.8, 4) is 5.88 Å². The average Bonchev–Trinajstić information content (AvgIpc) is 3.12. The topological polar surface area (TPSA) is 77.1 Å². The van der Waals surface area contributed by atoms with Crippen LogP contribution in [0.2, 0.25) is 0 Å². The molecule has 3 rings (SSSR count). The maximum absolute atomic E-state index is 11.8. The van der Waals surface area contributed by atoms with Gasteiger partial charge >= 0.3 is 5.97 Å². The molecule has 0 saturated heterocycles. The number of nitrogens with one attached hydrogen (secondary N) is 1. The molecule has 0 amide bonds. The van der Waals surface area contributed by atoms with E-state index in [1.165, 1.54) is 7.11 Å². The van der Waals surface area contributed by atoms with Crippen molar-refractivity contribution in [2.45, 2.75) is 25.2 Å². The maximum atomic E-state index is 11.8. The Labute approximate surface area is 110 Å². The Hall–Kier alpha value is -2.11. The lowest BCUT2D eigenvalue weighted by atomic mass is 10.1. The van der Waals surface area contributed by atoms with E-state index >= 15 is 0 Å². The highest BCUT2D eigenvalue weighted by Crippen LogP contribution is 2.48. The lowest BCUT2D eigenvalue weighted by Gasteiger charge is -2.08. The van der Waals surface area contributed by atoms with Gasteiger partial charge < -0.3 is 14.5 Å². The molecular weight excluding hydrogens is 246 g/mol. The van der Waals surface area contributed by atoms with Gasteiger partial charge in [-0.15, -0.1) is 0 Å². The standard InChI is InChI=1S/C13H15N3O3/c1-3-19-9-5-4-8-10(15-9)16-11(14-8)13(6-7-13)12(17)18-2/h4-5H,3,6-7H2,1-2H3,(H,14,15,16). The number of aromatic amines is 1. The second-order valence-corrected chi connectivity index (χ2v) is 4.61. The molecule has 0 bridgehead atoms. The van der Waals surface area contributed by atoms with Gasteiger partial charge in [-0.05, 0) is 25.8 Å². The third-order valence-electron chi connectivity index (χ3n) is 3.39. The third kappa shape index (κ3) is 1.83. The summed E-state index contributed by atoms with van der Waals surface area (Å²) < 4.78 is 10.2. The highest BCUT2D eigenvalue weighted by atomic mass is 16.5. The smallest absolute Gasteiger partial charge is 0.319 e. The van der Waals surface area contributed by atoms with Gasteiger partial charge in [0.25, 0.3) is 0 Å². The van der Waals surface area contributed by atoms with Crippen molar-refractivity contribution in [1.29, 1.82) is 0 Å². The van der Waals surface area contributed by atoms with E-state index in [2.05, 4.69) is 15.0 Å². The van der Waals surface area contributed by atoms with Crippen molar-refractivity contribution in [3.63, 3.8) is 0 Å². The molecule has 0 aromatic carbocycles. The summed E-state index contributed by atoms with van der Waals surface area (Å²) in [5, 5.41) is 0. The molecule has 1 aliphatic carbocycles. The fourth-order valence-electron chi connectivity index (χ4n) is 2.19. The van der Waals surface area contributed by atoms with E-state index in [4.69, 9.17) is 9.47 Å². The molecule has 100 valence electrons. The molecule has 0 atom stereocenters. The van der Waals surface area contributed by atoms with Gasteiger partial charge in [0.05, 0.1) is 19.2 Å². The number of hydrogen-bond acceptors (Lipinski definition) is 5. The lowest BCUT2D eigenvalue weighted by molar-refractivity contribution is -0.143. The largest absolute Gasteiger partial charge is 0.478 e. The molecule has 2 aromatic heterocycles. The van der Waals surface area contributed by atoms with Gasteiger partial charge in [-0.1, -0.05) is 0 Å². The zero-order valence-electron chi connectivity index (χ0n) is 10.9. The molecular formula is C13H15N3O3. The number of carbonyl (C=O) groups is 1. The molecule has 6 nitrogen and oxygen atoms in total. The van der Waals surface area contributed by atoms with E-state index in [1.807, 2.05) is 13.0 Å². The van der Waals surface area contributed by atoms with Crippen molar-refractivity contribution in [2.24, 2.45) is 0 Å². The van der Waals surface area contributed by atoms with Crippen molar-refractivity contribution in [2.75, 3.05) is 13.7 Å². The van der Waals surface area contributed by atoms with E-state index in [0.29, 0.717) is 24.0 Å². The van der Waals surface area contributed by atoms with Crippen LogP contribution in [0.3, 0.4) is 0 Å². The number of rotatable bonds is 4. The van der Waals surface area contributed by atoms with Gasteiger partial charge in [0.1, 0.15) is 11.2 Å². The second-order valence-electron chi connectivity index (χ2n) is 4.61. The number of ether oxygens (including phenoxy) is 2. The first kappa shape index (κ1) is 12.0. The Balaban J connectivity index is 2.00. The Kier molecular flexibility index (Phi) is 2.66. The van der Waals surface area contributed by atoms with Gasteiger partial charge in [0.15, 0.2) is 5.65 Å². The van der Waals surface area contributed by atoms with Gasteiger partial charge in [-0.25, -0.2) is 4.98 Å². The molecule has 6 heteroatoms. The fourth-order valence-corrected chi connectivity index (χ4v) is 2.19. The molecule has 0 spiro atoms. The van der Waals surface area contributed by atoms with E-state index in [0.717, 1.165) is 18.4 Å². The van der Waals surface area contributed by atoms with Gasteiger partial charge in [0, 0.05) is 6.07 Å². The highest BCUT2D eigenvalue weighted by molar-refractivity contribution is 5.86. The molecule has 2 heterocycles. The van der Waals surface area contributed by atoms with E-state index in [-0.39, 0.29) is 5.97 Å². The molecule has 19 heavy (non-hydrogen) atoms. The summed E-state index contributed by atoms with van der Waals surface area (Å²) >= 11 is 0. The zero-order valence-corrected chi connectivity index (χ0v) is 10.9. The summed E-state index contributed by atoms with van der Waals surface area (Å²) in [4.78, 5) is 23.7. The molecule has 0 unspecified atom stereocenters. The van der Waals surface area contributed by atoms with Crippen LogP contribution >= 0.6 is 0 Å². The highest BCUT2D eigenvalue weighted by Gasteiger charge is 2.55. The van der Waals surface area contributed by atoms with Gasteiger partial charge in [-0.2, -0.15) is 4.98 Å². The Morgan fingerprint density at radius 3 is 2.84 bits per heavy atom. The summed E-state index contributed by atoms with van der Waals surface area (Å²) in [5.74, 6) is 0.933. The molecule has 1 saturated carbocycles. The maximum Gasteiger partial charge on any atom is 0.319 e. The average molecular weight is 261 g/mol. The van der Waals surface area contributed by atoms with E-state index in [9.17, 15) is 4.79 Å². The number of carbonyl (C=O) groups excluding carboxylic acids is 1. The number of methoxy groups -OCH3 is 1. The first-order valence-corrected chi connectivity index (χ1v) is 6.28. The number of esters is 1. The minimum atomic E-state index is -0.596. The number of fused-ring (bicyclic) bond motifs is 1. The summed E-state index contributed by atoms with van der Waals surface area (Å²) in [7, 11) is 1.40. The van der Waals surface area contributed by atoms with Crippen molar-refractivity contribution in [3.05, 3.63) is 18.0 Å².